The summed E-state index contributed by atoms with van der Waals surface area (Å²) in [6.45, 7) is 6.45. The Morgan fingerprint density at radius 2 is 0.806 bits per heavy atom. The average Bonchev–Trinajstić information content (AvgIpc) is 3.26. The van der Waals surface area contributed by atoms with Gasteiger partial charge in [0.2, 0.25) is 5.91 Å². The SMILES string of the molecule is CCC/C=C\CCCCCC(CC(=O)NC(CO)C(O)CCCCCCCCCCCCCCCCCC)OC(=O)CCCCCCCCCCCCCCCCCCCCC. The van der Waals surface area contributed by atoms with E-state index in [1.54, 1.807) is 0 Å². The Bertz CT molecular complexity index is 939. The molecule has 0 saturated carbocycles. The van der Waals surface area contributed by atoms with E-state index in [0.29, 0.717) is 19.3 Å². The molecule has 3 N–H and O–H groups in total. The molecular formula is C56H109NO5. The fraction of sp³-hybridized carbons (Fsp3) is 0.929. The minimum absolute atomic E-state index is 0.0730. The normalized spacial score (nSPS) is 13.2. The number of allylic oxidation sites excluding steroid dienone is 2. The van der Waals surface area contributed by atoms with Crippen LogP contribution in [0.2, 0.25) is 0 Å². The fourth-order valence-corrected chi connectivity index (χ4v) is 8.85. The molecule has 6 heteroatoms. The minimum atomic E-state index is -0.785. The number of ether oxygens (including phenoxy) is 1. The van der Waals surface area contributed by atoms with Crippen LogP contribution in [0.15, 0.2) is 12.2 Å². The van der Waals surface area contributed by atoms with Gasteiger partial charge < -0.3 is 20.3 Å². The number of amides is 1. The first-order chi connectivity index (χ1) is 30.5. The van der Waals surface area contributed by atoms with Crippen LogP contribution in [0.3, 0.4) is 0 Å². The highest BCUT2D eigenvalue weighted by atomic mass is 16.5. The Morgan fingerprint density at radius 3 is 1.21 bits per heavy atom. The third-order valence-electron chi connectivity index (χ3n) is 13.1. The minimum Gasteiger partial charge on any atom is -0.462 e. The topological polar surface area (TPSA) is 95.9 Å². The molecule has 3 unspecified atom stereocenters. The number of aliphatic hydroxyl groups excluding tert-OH is 2. The molecule has 0 radical (unpaired) electrons. The van der Waals surface area contributed by atoms with Crippen molar-refractivity contribution in [3.63, 3.8) is 0 Å². The maximum atomic E-state index is 13.2. The van der Waals surface area contributed by atoms with Gasteiger partial charge in [0, 0.05) is 6.42 Å². The molecule has 0 heterocycles. The number of unbranched alkanes of at least 4 members (excludes halogenated alkanes) is 37. The van der Waals surface area contributed by atoms with Crippen molar-refractivity contribution in [2.75, 3.05) is 6.61 Å². The highest BCUT2D eigenvalue weighted by molar-refractivity contribution is 5.77. The summed E-state index contributed by atoms with van der Waals surface area (Å²) in [5, 5.41) is 23.8. The second-order valence-electron chi connectivity index (χ2n) is 19.3. The predicted octanol–water partition coefficient (Wildman–Crippen LogP) is 16.9. The van der Waals surface area contributed by atoms with Crippen molar-refractivity contribution in [3.05, 3.63) is 12.2 Å². The standard InChI is InChI=1S/C56H109NO5/c1-4-7-10-13-16-19-21-23-25-27-28-29-31-33-35-37-40-43-46-49-56(61)62-52(47-44-41-38-18-15-12-9-6-3)50-55(60)57-53(51-58)54(59)48-45-42-39-36-34-32-30-26-24-22-20-17-14-11-8-5-2/h12,15,52-54,58-59H,4-11,13-14,16-51H2,1-3H3,(H,57,60)/b15-12-. The van der Waals surface area contributed by atoms with Gasteiger partial charge in [-0.2, -0.15) is 0 Å². The van der Waals surface area contributed by atoms with Gasteiger partial charge in [0.1, 0.15) is 6.10 Å². The number of hydrogen-bond donors (Lipinski definition) is 3. The van der Waals surface area contributed by atoms with E-state index in [9.17, 15) is 19.8 Å². The smallest absolute Gasteiger partial charge is 0.306 e. The largest absolute Gasteiger partial charge is 0.462 e. The molecule has 0 rings (SSSR count). The molecule has 6 nitrogen and oxygen atoms in total. The van der Waals surface area contributed by atoms with E-state index < -0.39 is 18.2 Å². The first-order valence-corrected chi connectivity index (χ1v) is 27.9. The van der Waals surface area contributed by atoms with E-state index in [2.05, 4.69) is 38.2 Å². The third kappa shape index (κ3) is 45.2. The van der Waals surface area contributed by atoms with Crippen LogP contribution < -0.4 is 5.32 Å². The molecule has 0 aliphatic carbocycles. The monoisotopic (exact) mass is 876 g/mol. The van der Waals surface area contributed by atoms with Crippen LogP contribution in [0.25, 0.3) is 0 Å². The Balaban J connectivity index is 4.29. The third-order valence-corrected chi connectivity index (χ3v) is 13.1. The van der Waals surface area contributed by atoms with Crippen LogP contribution in [-0.4, -0.2) is 46.9 Å². The molecule has 0 saturated heterocycles. The second-order valence-corrected chi connectivity index (χ2v) is 19.3. The number of carbonyl (C=O) groups is 2. The molecule has 62 heavy (non-hydrogen) atoms. The highest BCUT2D eigenvalue weighted by Gasteiger charge is 2.24. The van der Waals surface area contributed by atoms with Crippen LogP contribution in [0, 0.1) is 0 Å². The van der Waals surface area contributed by atoms with Gasteiger partial charge in [0.15, 0.2) is 0 Å². The van der Waals surface area contributed by atoms with E-state index in [-0.39, 0.29) is 24.9 Å². The lowest BCUT2D eigenvalue weighted by molar-refractivity contribution is -0.151. The number of aliphatic hydroxyl groups is 2. The zero-order valence-electron chi connectivity index (χ0n) is 42.0. The zero-order chi connectivity index (χ0) is 45.2. The Kier molecular flexibility index (Phi) is 49.5. The molecule has 0 aromatic carbocycles. The number of hydrogen-bond acceptors (Lipinski definition) is 5. The van der Waals surface area contributed by atoms with E-state index in [1.807, 2.05) is 0 Å². The summed E-state index contributed by atoms with van der Waals surface area (Å²) < 4.78 is 5.92. The maximum absolute atomic E-state index is 13.2. The molecule has 0 spiro atoms. The van der Waals surface area contributed by atoms with Crippen molar-refractivity contribution in [1.29, 1.82) is 0 Å². The van der Waals surface area contributed by atoms with Crippen LogP contribution >= 0.6 is 0 Å². The number of esters is 1. The molecule has 1 amide bonds. The number of carbonyl (C=O) groups excluding carboxylic acids is 2. The molecular weight excluding hydrogens is 767 g/mol. The Morgan fingerprint density at radius 1 is 0.452 bits per heavy atom. The molecule has 0 aliphatic heterocycles. The fourth-order valence-electron chi connectivity index (χ4n) is 8.85. The Hall–Kier alpha value is -1.40. The first kappa shape index (κ1) is 60.6. The molecule has 0 fully saturated rings. The molecule has 0 bridgehead atoms. The lowest BCUT2D eigenvalue weighted by Gasteiger charge is -2.24. The van der Waals surface area contributed by atoms with Gasteiger partial charge in [0.25, 0.3) is 0 Å². The summed E-state index contributed by atoms with van der Waals surface area (Å²) >= 11 is 0. The van der Waals surface area contributed by atoms with Crippen molar-refractivity contribution >= 4 is 11.9 Å². The quantitative estimate of drug-likeness (QED) is 0.0321. The van der Waals surface area contributed by atoms with Gasteiger partial charge in [-0.3, -0.25) is 9.59 Å². The summed E-state index contributed by atoms with van der Waals surface area (Å²) in [6.07, 6.45) is 57.3. The van der Waals surface area contributed by atoms with Crippen molar-refractivity contribution in [2.24, 2.45) is 0 Å². The molecule has 0 aliphatic rings. The van der Waals surface area contributed by atoms with E-state index >= 15 is 0 Å². The summed E-state index contributed by atoms with van der Waals surface area (Å²) in [7, 11) is 0. The van der Waals surface area contributed by atoms with Gasteiger partial charge in [-0.15, -0.1) is 0 Å². The van der Waals surface area contributed by atoms with Gasteiger partial charge >= 0.3 is 5.97 Å². The molecule has 0 aromatic rings. The number of rotatable bonds is 51. The lowest BCUT2D eigenvalue weighted by Crippen LogP contribution is -2.46. The van der Waals surface area contributed by atoms with Crippen molar-refractivity contribution in [2.45, 2.75) is 328 Å². The maximum Gasteiger partial charge on any atom is 0.306 e. The zero-order valence-corrected chi connectivity index (χ0v) is 42.0. The highest BCUT2D eigenvalue weighted by Crippen LogP contribution is 2.19. The number of nitrogens with one attached hydrogen (secondary N) is 1. The van der Waals surface area contributed by atoms with Crippen LogP contribution in [0.1, 0.15) is 310 Å². The van der Waals surface area contributed by atoms with E-state index in [0.717, 1.165) is 64.2 Å². The van der Waals surface area contributed by atoms with Gasteiger partial charge in [-0.25, -0.2) is 0 Å². The van der Waals surface area contributed by atoms with Crippen LogP contribution in [-0.2, 0) is 14.3 Å². The Labute approximate surface area is 387 Å². The van der Waals surface area contributed by atoms with Crippen molar-refractivity contribution < 1.29 is 24.5 Å². The van der Waals surface area contributed by atoms with Gasteiger partial charge in [-0.1, -0.05) is 264 Å². The first-order valence-electron chi connectivity index (χ1n) is 27.9. The van der Waals surface area contributed by atoms with Crippen molar-refractivity contribution in [3.8, 4) is 0 Å². The van der Waals surface area contributed by atoms with Crippen LogP contribution in [0.4, 0.5) is 0 Å². The molecule has 368 valence electrons. The molecule has 3 atom stereocenters. The predicted molar refractivity (Wildman–Crippen MR) is 269 cm³/mol. The van der Waals surface area contributed by atoms with Gasteiger partial charge in [-0.05, 0) is 44.9 Å². The van der Waals surface area contributed by atoms with Gasteiger partial charge in [0.05, 0.1) is 25.2 Å². The second kappa shape index (κ2) is 50.6. The summed E-state index contributed by atoms with van der Waals surface area (Å²) in [5.41, 5.74) is 0. The van der Waals surface area contributed by atoms with Crippen LogP contribution in [0.5, 0.6) is 0 Å². The molecule has 0 aromatic heterocycles. The van der Waals surface area contributed by atoms with Crippen molar-refractivity contribution in [1.82, 2.24) is 5.32 Å². The summed E-state index contributed by atoms with van der Waals surface area (Å²) in [5.74, 6) is -0.474. The van der Waals surface area contributed by atoms with E-state index in [1.165, 1.54) is 199 Å². The average molecular weight is 876 g/mol. The summed E-state index contributed by atoms with van der Waals surface area (Å²) in [4.78, 5) is 26.1. The lowest BCUT2D eigenvalue weighted by atomic mass is 10.0. The summed E-state index contributed by atoms with van der Waals surface area (Å²) in [6, 6.07) is -0.699. The van der Waals surface area contributed by atoms with E-state index in [4.69, 9.17) is 4.74 Å².